The quantitative estimate of drug-likeness (QED) is 0.359. The summed E-state index contributed by atoms with van der Waals surface area (Å²) >= 11 is 0. The number of alkyl halides is 1. The Morgan fingerprint density at radius 3 is 2.57 bits per heavy atom. The number of esters is 1. The van der Waals surface area contributed by atoms with Gasteiger partial charge in [0.2, 0.25) is 6.36 Å². The average molecular weight is 202 g/mol. The van der Waals surface area contributed by atoms with Gasteiger partial charge in [-0.05, 0) is 13.3 Å². The standard InChI is InChI=1S/C11H19FO2/c1-4-5-6-7-8-10(12)14-11(13)9(2)3/h10H,2,4-8H2,1,3H3. The monoisotopic (exact) mass is 202 g/mol. The fourth-order valence-electron chi connectivity index (χ4n) is 1.01. The van der Waals surface area contributed by atoms with Gasteiger partial charge in [-0.25, -0.2) is 9.18 Å². The molecule has 0 N–H and O–H groups in total. The smallest absolute Gasteiger partial charge is 0.335 e. The molecule has 1 atom stereocenters. The Morgan fingerprint density at radius 2 is 2.07 bits per heavy atom. The molecule has 0 amide bonds. The molecule has 0 saturated carbocycles. The fourth-order valence-corrected chi connectivity index (χ4v) is 1.01. The van der Waals surface area contributed by atoms with E-state index in [9.17, 15) is 9.18 Å². The van der Waals surface area contributed by atoms with Gasteiger partial charge in [-0.2, -0.15) is 0 Å². The Kier molecular flexibility index (Phi) is 7.07. The zero-order chi connectivity index (χ0) is 11.0. The maximum atomic E-state index is 13.0. The fraction of sp³-hybridized carbons (Fsp3) is 0.727. The molecule has 0 bridgehead atoms. The molecule has 0 spiro atoms. The van der Waals surface area contributed by atoms with Crippen molar-refractivity contribution in [3.8, 4) is 0 Å². The second-order valence-corrected chi connectivity index (χ2v) is 3.45. The predicted molar refractivity (Wildman–Crippen MR) is 54.6 cm³/mol. The highest BCUT2D eigenvalue weighted by Crippen LogP contribution is 2.10. The van der Waals surface area contributed by atoms with E-state index in [4.69, 9.17) is 0 Å². The van der Waals surface area contributed by atoms with E-state index in [1.807, 2.05) is 0 Å². The van der Waals surface area contributed by atoms with Gasteiger partial charge in [-0.3, -0.25) is 0 Å². The third-order valence-corrected chi connectivity index (χ3v) is 1.87. The molecule has 0 radical (unpaired) electrons. The number of rotatable bonds is 7. The van der Waals surface area contributed by atoms with Crippen molar-refractivity contribution in [1.82, 2.24) is 0 Å². The Bertz CT molecular complexity index is 190. The molecular formula is C11H19FO2. The van der Waals surface area contributed by atoms with Gasteiger partial charge in [0, 0.05) is 12.0 Å². The first-order valence-corrected chi connectivity index (χ1v) is 5.08. The molecule has 2 nitrogen and oxygen atoms in total. The van der Waals surface area contributed by atoms with Crippen LogP contribution in [0.2, 0.25) is 0 Å². The van der Waals surface area contributed by atoms with Crippen LogP contribution in [0.3, 0.4) is 0 Å². The van der Waals surface area contributed by atoms with Gasteiger partial charge in [-0.1, -0.05) is 32.8 Å². The van der Waals surface area contributed by atoms with Gasteiger partial charge < -0.3 is 4.74 Å². The Hall–Kier alpha value is -0.860. The van der Waals surface area contributed by atoms with E-state index in [1.54, 1.807) is 0 Å². The molecule has 0 aromatic carbocycles. The normalized spacial score (nSPS) is 12.2. The second kappa shape index (κ2) is 7.54. The van der Waals surface area contributed by atoms with Crippen molar-refractivity contribution in [1.29, 1.82) is 0 Å². The van der Waals surface area contributed by atoms with E-state index in [1.165, 1.54) is 6.92 Å². The summed E-state index contributed by atoms with van der Waals surface area (Å²) in [4.78, 5) is 10.9. The van der Waals surface area contributed by atoms with Gasteiger partial charge in [-0.15, -0.1) is 0 Å². The molecule has 82 valence electrons. The van der Waals surface area contributed by atoms with Gasteiger partial charge in [0.1, 0.15) is 0 Å². The number of hydrogen-bond donors (Lipinski definition) is 0. The summed E-state index contributed by atoms with van der Waals surface area (Å²) in [6, 6.07) is 0. The predicted octanol–water partition coefficient (Wildman–Crippen LogP) is 3.37. The molecular weight excluding hydrogens is 183 g/mol. The lowest BCUT2D eigenvalue weighted by atomic mass is 10.1. The third-order valence-electron chi connectivity index (χ3n) is 1.87. The van der Waals surface area contributed by atoms with Gasteiger partial charge in [0.25, 0.3) is 0 Å². The molecule has 0 aromatic heterocycles. The van der Waals surface area contributed by atoms with E-state index >= 15 is 0 Å². The van der Waals surface area contributed by atoms with E-state index in [2.05, 4.69) is 18.2 Å². The second-order valence-electron chi connectivity index (χ2n) is 3.45. The minimum atomic E-state index is -1.48. The first-order valence-electron chi connectivity index (χ1n) is 5.08. The maximum absolute atomic E-state index is 13.0. The number of unbranched alkanes of at least 4 members (excludes halogenated alkanes) is 3. The summed E-state index contributed by atoms with van der Waals surface area (Å²) < 4.78 is 17.4. The summed E-state index contributed by atoms with van der Waals surface area (Å²) in [5.74, 6) is -0.645. The van der Waals surface area contributed by atoms with Crippen LogP contribution in [0.5, 0.6) is 0 Å². The zero-order valence-electron chi connectivity index (χ0n) is 9.01. The molecule has 0 aliphatic heterocycles. The largest absolute Gasteiger partial charge is 0.428 e. The molecule has 0 aliphatic rings. The topological polar surface area (TPSA) is 26.3 Å². The van der Waals surface area contributed by atoms with Crippen molar-refractivity contribution < 1.29 is 13.9 Å². The molecule has 0 heterocycles. The van der Waals surface area contributed by atoms with Crippen LogP contribution in [-0.4, -0.2) is 12.3 Å². The van der Waals surface area contributed by atoms with Crippen molar-refractivity contribution in [3.63, 3.8) is 0 Å². The molecule has 14 heavy (non-hydrogen) atoms. The maximum Gasteiger partial charge on any atom is 0.335 e. The minimum absolute atomic E-state index is 0.237. The molecule has 1 unspecified atom stereocenters. The summed E-state index contributed by atoms with van der Waals surface area (Å²) in [6.07, 6.45) is 2.78. The van der Waals surface area contributed by atoms with Gasteiger partial charge >= 0.3 is 5.97 Å². The molecule has 0 aromatic rings. The van der Waals surface area contributed by atoms with Crippen LogP contribution in [-0.2, 0) is 9.53 Å². The highest BCUT2D eigenvalue weighted by atomic mass is 19.1. The minimum Gasteiger partial charge on any atom is -0.428 e. The summed E-state index contributed by atoms with van der Waals surface area (Å²) in [5.41, 5.74) is 0.237. The number of carbonyl (C=O) groups is 1. The highest BCUT2D eigenvalue weighted by molar-refractivity contribution is 5.86. The van der Waals surface area contributed by atoms with Crippen LogP contribution in [0, 0.1) is 0 Å². The number of ether oxygens (including phenoxy) is 1. The van der Waals surface area contributed by atoms with Gasteiger partial charge in [0.05, 0.1) is 0 Å². The molecule has 0 aliphatic carbocycles. The van der Waals surface area contributed by atoms with Crippen molar-refractivity contribution in [3.05, 3.63) is 12.2 Å². The Balaban J connectivity index is 3.50. The number of hydrogen-bond acceptors (Lipinski definition) is 2. The lowest BCUT2D eigenvalue weighted by Crippen LogP contribution is -2.13. The van der Waals surface area contributed by atoms with E-state index in [-0.39, 0.29) is 5.57 Å². The lowest BCUT2D eigenvalue weighted by Gasteiger charge is -2.09. The van der Waals surface area contributed by atoms with Crippen LogP contribution < -0.4 is 0 Å². The van der Waals surface area contributed by atoms with Crippen LogP contribution >= 0.6 is 0 Å². The lowest BCUT2D eigenvalue weighted by molar-refractivity contribution is -0.153. The van der Waals surface area contributed by atoms with Crippen molar-refractivity contribution in [2.75, 3.05) is 0 Å². The van der Waals surface area contributed by atoms with Crippen LogP contribution in [0.25, 0.3) is 0 Å². The Labute approximate surface area is 85.1 Å². The van der Waals surface area contributed by atoms with E-state index < -0.39 is 12.3 Å². The third kappa shape index (κ3) is 6.63. The molecule has 3 heteroatoms. The highest BCUT2D eigenvalue weighted by Gasteiger charge is 2.12. The van der Waals surface area contributed by atoms with E-state index in [0.717, 1.165) is 25.7 Å². The SMILES string of the molecule is C=C(C)C(=O)OC(F)CCCCCC. The van der Waals surface area contributed by atoms with Crippen LogP contribution in [0.4, 0.5) is 4.39 Å². The van der Waals surface area contributed by atoms with Gasteiger partial charge in [0.15, 0.2) is 0 Å². The first kappa shape index (κ1) is 13.1. The van der Waals surface area contributed by atoms with E-state index in [0.29, 0.717) is 6.42 Å². The number of halogens is 1. The van der Waals surface area contributed by atoms with Crippen molar-refractivity contribution in [2.45, 2.75) is 52.3 Å². The zero-order valence-corrected chi connectivity index (χ0v) is 9.01. The van der Waals surface area contributed by atoms with Crippen LogP contribution in [0.15, 0.2) is 12.2 Å². The van der Waals surface area contributed by atoms with Crippen LogP contribution in [0.1, 0.15) is 46.0 Å². The first-order chi connectivity index (χ1) is 6.57. The summed E-state index contributed by atoms with van der Waals surface area (Å²) in [7, 11) is 0. The summed E-state index contributed by atoms with van der Waals surface area (Å²) in [6.45, 7) is 6.97. The van der Waals surface area contributed by atoms with Crippen molar-refractivity contribution in [2.24, 2.45) is 0 Å². The molecule has 0 rings (SSSR count). The summed E-state index contributed by atoms with van der Waals surface area (Å²) in [5, 5.41) is 0. The molecule has 0 saturated heterocycles. The number of carbonyl (C=O) groups excluding carboxylic acids is 1. The Morgan fingerprint density at radius 1 is 1.43 bits per heavy atom. The average Bonchev–Trinajstić information content (AvgIpc) is 2.12. The van der Waals surface area contributed by atoms with Crippen molar-refractivity contribution >= 4 is 5.97 Å². The molecule has 0 fully saturated rings.